The average Bonchev–Trinajstić information content (AvgIpc) is 3.63. The first-order valence-corrected chi connectivity index (χ1v) is 13.3. The molecule has 1 aromatic heterocycles. The molecule has 1 aromatic carbocycles. The summed E-state index contributed by atoms with van der Waals surface area (Å²) in [6.07, 6.45) is 5.96. The fourth-order valence-electron chi connectivity index (χ4n) is 4.96. The first kappa shape index (κ1) is 23.3. The Labute approximate surface area is 203 Å². The summed E-state index contributed by atoms with van der Waals surface area (Å²) in [5, 5.41) is 3.35. The van der Waals surface area contributed by atoms with Crippen LogP contribution < -0.4 is 10.1 Å². The number of carbonyl (C=O) groups is 1. The number of ether oxygens (including phenoxy) is 2. The van der Waals surface area contributed by atoms with Crippen LogP contribution in [0.25, 0.3) is 0 Å². The van der Waals surface area contributed by atoms with E-state index in [9.17, 15) is 13.2 Å². The molecule has 1 aliphatic carbocycles. The molecule has 182 valence electrons. The first-order valence-electron chi connectivity index (χ1n) is 11.4. The topological polar surface area (TPSA) is 111 Å². The van der Waals surface area contributed by atoms with Crippen LogP contribution >= 0.6 is 11.6 Å². The zero-order chi connectivity index (χ0) is 24.0. The molecule has 0 radical (unpaired) electrons. The van der Waals surface area contributed by atoms with Gasteiger partial charge in [-0.05, 0) is 50.8 Å². The molecular weight excluding hydrogens is 480 g/mol. The second-order valence-electron chi connectivity index (χ2n) is 9.13. The van der Waals surface area contributed by atoms with E-state index in [4.69, 9.17) is 21.1 Å². The number of nitrogens with one attached hydrogen (secondary N) is 1. The lowest BCUT2D eigenvalue weighted by atomic mass is 10.0. The highest BCUT2D eigenvalue weighted by atomic mass is 35.5. The molecule has 11 heteroatoms. The Balaban J connectivity index is 1.29. The lowest BCUT2D eigenvalue weighted by Gasteiger charge is -2.37. The zero-order valence-electron chi connectivity index (χ0n) is 19.0. The molecule has 2 bridgehead atoms. The number of hydrogen-bond acceptors (Lipinski definition) is 8. The van der Waals surface area contributed by atoms with E-state index in [0.29, 0.717) is 40.8 Å². The number of sulfonamides is 1. The van der Waals surface area contributed by atoms with E-state index >= 15 is 0 Å². The molecule has 1 N–H and O–H groups in total. The standard InChI is InChI=1S/C23H27ClN4O5S/c1-13-21(27-20-8-3-14(9-19(20)24)23(29)32-2)25-12-26-22(13)33-17-10-15-4-5-16(11-17)28(15)34(30,31)18-6-7-18/h3,8-9,12,15-18H,4-7,10-11H2,1-2H3,(H,25,26,27). The smallest absolute Gasteiger partial charge is 0.337 e. The fraction of sp³-hybridized carbons (Fsp3) is 0.522. The number of benzene rings is 1. The van der Waals surface area contributed by atoms with Gasteiger partial charge in [-0.1, -0.05) is 11.6 Å². The minimum Gasteiger partial charge on any atom is -0.474 e. The van der Waals surface area contributed by atoms with Gasteiger partial charge in [0.2, 0.25) is 15.9 Å². The minimum atomic E-state index is -3.18. The zero-order valence-corrected chi connectivity index (χ0v) is 20.6. The largest absolute Gasteiger partial charge is 0.474 e. The van der Waals surface area contributed by atoms with Gasteiger partial charge in [0.25, 0.3) is 0 Å². The van der Waals surface area contributed by atoms with Crippen molar-refractivity contribution in [3.63, 3.8) is 0 Å². The molecule has 3 fully saturated rings. The number of piperidine rings is 1. The Kier molecular flexibility index (Phi) is 6.16. The van der Waals surface area contributed by atoms with Crippen LogP contribution in [0.1, 0.15) is 54.4 Å². The van der Waals surface area contributed by atoms with Crippen LogP contribution in [0, 0.1) is 6.92 Å². The minimum absolute atomic E-state index is 0.00113. The van der Waals surface area contributed by atoms with Crippen molar-refractivity contribution in [2.24, 2.45) is 0 Å². The van der Waals surface area contributed by atoms with Crippen molar-refractivity contribution in [3.8, 4) is 5.88 Å². The molecule has 3 aliphatic rings. The highest BCUT2D eigenvalue weighted by Crippen LogP contribution is 2.44. The molecule has 9 nitrogen and oxygen atoms in total. The fourth-order valence-corrected chi connectivity index (χ4v) is 7.48. The maximum Gasteiger partial charge on any atom is 0.337 e. The maximum absolute atomic E-state index is 12.9. The highest BCUT2D eigenvalue weighted by Gasteiger charge is 2.52. The van der Waals surface area contributed by atoms with E-state index < -0.39 is 16.0 Å². The van der Waals surface area contributed by atoms with Crippen molar-refractivity contribution in [1.82, 2.24) is 14.3 Å². The van der Waals surface area contributed by atoms with Crippen molar-refractivity contribution >= 4 is 39.1 Å². The lowest BCUT2D eigenvalue weighted by molar-refractivity contribution is 0.0600. The summed E-state index contributed by atoms with van der Waals surface area (Å²) in [7, 11) is -1.87. The summed E-state index contributed by atoms with van der Waals surface area (Å²) in [5.74, 6) is 0.532. The number of fused-ring (bicyclic) bond motifs is 2. The first-order chi connectivity index (χ1) is 16.3. The number of carbonyl (C=O) groups excluding carboxylic acids is 1. The third kappa shape index (κ3) is 4.34. The molecule has 2 atom stereocenters. The Morgan fingerprint density at radius 1 is 1.15 bits per heavy atom. The molecule has 0 spiro atoms. The molecule has 1 saturated carbocycles. The lowest BCUT2D eigenvalue weighted by Crippen LogP contribution is -2.50. The number of esters is 1. The summed E-state index contributed by atoms with van der Waals surface area (Å²) in [5.41, 5.74) is 1.65. The number of hydrogen-bond donors (Lipinski definition) is 1. The van der Waals surface area contributed by atoms with Crippen molar-refractivity contribution < 1.29 is 22.7 Å². The van der Waals surface area contributed by atoms with Crippen LogP contribution in [-0.2, 0) is 14.8 Å². The summed E-state index contributed by atoms with van der Waals surface area (Å²) in [6.45, 7) is 1.86. The number of aromatic nitrogens is 2. The summed E-state index contributed by atoms with van der Waals surface area (Å²) >= 11 is 6.35. The number of nitrogens with zero attached hydrogens (tertiary/aromatic N) is 3. The van der Waals surface area contributed by atoms with Gasteiger partial charge < -0.3 is 14.8 Å². The summed E-state index contributed by atoms with van der Waals surface area (Å²) in [4.78, 5) is 20.3. The van der Waals surface area contributed by atoms with Crippen LogP contribution in [0.2, 0.25) is 5.02 Å². The third-order valence-corrected chi connectivity index (χ3v) is 9.63. The molecule has 5 rings (SSSR count). The molecule has 2 aliphatic heterocycles. The maximum atomic E-state index is 12.9. The quantitative estimate of drug-likeness (QED) is 0.564. The van der Waals surface area contributed by atoms with Gasteiger partial charge in [0, 0.05) is 24.9 Å². The monoisotopic (exact) mass is 506 g/mol. The molecule has 2 saturated heterocycles. The van der Waals surface area contributed by atoms with E-state index in [1.54, 1.807) is 16.4 Å². The van der Waals surface area contributed by atoms with Crippen LogP contribution in [-0.4, -0.2) is 59.2 Å². The van der Waals surface area contributed by atoms with Gasteiger partial charge in [-0.2, -0.15) is 4.31 Å². The van der Waals surface area contributed by atoms with Crippen LogP contribution in [0.15, 0.2) is 24.5 Å². The van der Waals surface area contributed by atoms with E-state index in [-0.39, 0.29) is 23.4 Å². The van der Waals surface area contributed by atoms with E-state index in [0.717, 1.165) is 31.2 Å². The SMILES string of the molecule is COC(=O)c1ccc(Nc2ncnc(OC3CC4CCC(C3)N4S(=O)(=O)C3CC3)c2C)c(Cl)c1. The molecule has 3 heterocycles. The molecule has 34 heavy (non-hydrogen) atoms. The van der Waals surface area contributed by atoms with Crippen molar-refractivity contribution in [3.05, 3.63) is 40.7 Å². The van der Waals surface area contributed by atoms with Crippen molar-refractivity contribution in [2.75, 3.05) is 12.4 Å². The van der Waals surface area contributed by atoms with Gasteiger partial charge in [-0.3, -0.25) is 0 Å². The Bertz CT molecular complexity index is 1210. The van der Waals surface area contributed by atoms with Gasteiger partial charge >= 0.3 is 5.97 Å². The van der Waals surface area contributed by atoms with Gasteiger partial charge in [-0.15, -0.1) is 0 Å². The predicted molar refractivity (Wildman–Crippen MR) is 127 cm³/mol. The molecular formula is C23H27ClN4O5S. The van der Waals surface area contributed by atoms with Gasteiger partial charge in [-0.25, -0.2) is 23.2 Å². The number of rotatable bonds is 7. The molecule has 2 unspecified atom stereocenters. The van der Waals surface area contributed by atoms with Crippen LogP contribution in [0.3, 0.4) is 0 Å². The number of methoxy groups -OCH3 is 1. The highest BCUT2D eigenvalue weighted by molar-refractivity contribution is 7.90. The Morgan fingerprint density at radius 3 is 2.47 bits per heavy atom. The Morgan fingerprint density at radius 2 is 1.85 bits per heavy atom. The predicted octanol–water partition coefficient (Wildman–Crippen LogP) is 3.84. The average molecular weight is 507 g/mol. The van der Waals surface area contributed by atoms with Crippen LogP contribution in [0.5, 0.6) is 5.88 Å². The second kappa shape index (κ2) is 8.98. The Hall–Kier alpha value is -2.43. The number of halogens is 1. The third-order valence-electron chi connectivity index (χ3n) is 6.82. The van der Waals surface area contributed by atoms with Gasteiger partial charge in [0.15, 0.2) is 0 Å². The number of anilines is 2. The summed E-state index contributed by atoms with van der Waals surface area (Å²) in [6, 6.07) is 4.84. The van der Waals surface area contributed by atoms with E-state index in [2.05, 4.69) is 15.3 Å². The van der Waals surface area contributed by atoms with Crippen LogP contribution in [0.4, 0.5) is 11.5 Å². The van der Waals surface area contributed by atoms with Gasteiger partial charge in [0.1, 0.15) is 18.2 Å². The summed E-state index contributed by atoms with van der Waals surface area (Å²) < 4.78 is 38.5. The van der Waals surface area contributed by atoms with Crippen molar-refractivity contribution in [2.45, 2.75) is 68.9 Å². The second-order valence-corrected chi connectivity index (χ2v) is 11.7. The molecule has 0 amide bonds. The van der Waals surface area contributed by atoms with Crippen molar-refractivity contribution in [1.29, 1.82) is 0 Å². The normalized spacial score (nSPS) is 24.6. The van der Waals surface area contributed by atoms with Gasteiger partial charge in [0.05, 0.1) is 34.2 Å². The van der Waals surface area contributed by atoms with E-state index in [1.165, 1.54) is 19.5 Å². The molecule has 2 aromatic rings. The van der Waals surface area contributed by atoms with E-state index in [1.807, 2.05) is 6.92 Å².